The first-order valence-electron chi connectivity index (χ1n) is 5.86. The molecule has 0 unspecified atom stereocenters. The number of nitrogens with zero attached hydrogens (tertiary/aromatic N) is 1. The summed E-state index contributed by atoms with van der Waals surface area (Å²) < 4.78 is 18.0. The van der Waals surface area contributed by atoms with E-state index in [1.165, 1.54) is 19.2 Å². The molecule has 1 aromatic carbocycles. The maximum atomic E-state index is 13.0. The van der Waals surface area contributed by atoms with Crippen molar-refractivity contribution in [1.29, 1.82) is 0 Å². The summed E-state index contributed by atoms with van der Waals surface area (Å²) >= 11 is 0. The predicted octanol–water partition coefficient (Wildman–Crippen LogP) is 2.54. The normalized spacial score (nSPS) is 10.1. The summed E-state index contributed by atoms with van der Waals surface area (Å²) in [6, 6.07) is 7.11. The molecule has 0 bridgehead atoms. The smallest absolute Gasteiger partial charge is 0.337 e. The molecule has 1 aromatic heterocycles. The van der Waals surface area contributed by atoms with Gasteiger partial charge < -0.3 is 15.2 Å². The van der Waals surface area contributed by atoms with E-state index < -0.39 is 11.8 Å². The fourth-order valence-electron chi connectivity index (χ4n) is 1.68. The summed E-state index contributed by atoms with van der Waals surface area (Å²) in [5.41, 5.74) is 1.10. The van der Waals surface area contributed by atoms with Crippen LogP contribution in [0.15, 0.2) is 36.5 Å². The molecular weight excluding hydrogens is 263 g/mol. The lowest BCUT2D eigenvalue weighted by molar-refractivity contribution is 0.0697. The van der Waals surface area contributed by atoms with E-state index in [-0.39, 0.29) is 5.56 Å². The van der Waals surface area contributed by atoms with Crippen molar-refractivity contribution in [3.8, 4) is 5.88 Å². The van der Waals surface area contributed by atoms with Gasteiger partial charge in [0.05, 0.1) is 12.7 Å². The zero-order valence-electron chi connectivity index (χ0n) is 10.8. The number of nitrogens with one attached hydrogen (secondary N) is 1. The zero-order valence-corrected chi connectivity index (χ0v) is 10.8. The van der Waals surface area contributed by atoms with Gasteiger partial charge in [0.25, 0.3) is 0 Å². The molecule has 5 nitrogen and oxygen atoms in total. The monoisotopic (exact) mass is 276 g/mol. The Morgan fingerprint density at radius 2 is 2.20 bits per heavy atom. The fourth-order valence-corrected chi connectivity index (χ4v) is 1.68. The standard InChI is InChI=1S/C14H13FN2O3/c1-20-13-5-2-9(8-17-13)7-16-12-4-3-10(15)6-11(12)14(18)19/h2-6,8,16H,7H2,1H3,(H,18,19). The number of pyridine rings is 1. The minimum Gasteiger partial charge on any atom is -0.481 e. The Morgan fingerprint density at radius 1 is 1.40 bits per heavy atom. The van der Waals surface area contributed by atoms with Crippen molar-refractivity contribution in [3.05, 3.63) is 53.5 Å². The molecule has 104 valence electrons. The van der Waals surface area contributed by atoms with E-state index in [4.69, 9.17) is 9.84 Å². The highest BCUT2D eigenvalue weighted by Crippen LogP contribution is 2.18. The Balaban J connectivity index is 2.12. The Bertz CT molecular complexity index is 614. The van der Waals surface area contributed by atoms with Crippen LogP contribution in [-0.4, -0.2) is 23.2 Å². The van der Waals surface area contributed by atoms with Gasteiger partial charge >= 0.3 is 5.97 Å². The SMILES string of the molecule is COc1ccc(CNc2ccc(F)cc2C(=O)O)cn1. The van der Waals surface area contributed by atoms with Crippen LogP contribution in [0.2, 0.25) is 0 Å². The molecule has 0 amide bonds. The average Bonchev–Trinajstić information content (AvgIpc) is 2.46. The molecule has 0 atom stereocenters. The Kier molecular flexibility index (Phi) is 4.14. The lowest BCUT2D eigenvalue weighted by Gasteiger charge is -2.10. The highest BCUT2D eigenvalue weighted by atomic mass is 19.1. The first-order chi connectivity index (χ1) is 9.60. The molecule has 1 heterocycles. The van der Waals surface area contributed by atoms with Gasteiger partial charge in [-0.15, -0.1) is 0 Å². The number of ether oxygens (including phenoxy) is 1. The summed E-state index contributed by atoms with van der Waals surface area (Å²) in [6.45, 7) is 0.378. The molecule has 2 rings (SSSR count). The van der Waals surface area contributed by atoms with Crippen molar-refractivity contribution >= 4 is 11.7 Å². The Labute approximate surface area is 115 Å². The summed E-state index contributed by atoms with van der Waals surface area (Å²) in [5, 5.41) is 12.0. The third-order valence-corrected chi connectivity index (χ3v) is 2.70. The van der Waals surface area contributed by atoms with E-state index in [1.807, 2.05) is 6.07 Å². The van der Waals surface area contributed by atoms with Gasteiger partial charge in [0.15, 0.2) is 0 Å². The van der Waals surface area contributed by atoms with Gasteiger partial charge in [-0.2, -0.15) is 0 Å². The topological polar surface area (TPSA) is 71.5 Å². The van der Waals surface area contributed by atoms with Crippen LogP contribution in [0.4, 0.5) is 10.1 Å². The van der Waals surface area contributed by atoms with E-state index in [1.54, 1.807) is 12.3 Å². The molecule has 0 saturated carbocycles. The van der Waals surface area contributed by atoms with Crippen LogP contribution in [0.3, 0.4) is 0 Å². The van der Waals surface area contributed by atoms with Crippen LogP contribution in [0.25, 0.3) is 0 Å². The number of benzene rings is 1. The molecule has 2 aromatic rings. The van der Waals surface area contributed by atoms with Gasteiger partial charge in [-0.1, -0.05) is 6.07 Å². The van der Waals surface area contributed by atoms with Crippen LogP contribution in [0.5, 0.6) is 5.88 Å². The molecule has 0 aliphatic heterocycles. The summed E-state index contributed by atoms with van der Waals surface area (Å²) in [5.74, 6) is -1.26. The van der Waals surface area contributed by atoms with Crippen LogP contribution in [-0.2, 0) is 6.54 Å². The third kappa shape index (κ3) is 3.23. The largest absolute Gasteiger partial charge is 0.481 e. The van der Waals surface area contributed by atoms with E-state index in [2.05, 4.69) is 10.3 Å². The summed E-state index contributed by atoms with van der Waals surface area (Å²) in [6.07, 6.45) is 1.62. The average molecular weight is 276 g/mol. The van der Waals surface area contributed by atoms with Gasteiger partial charge in [-0.25, -0.2) is 14.2 Å². The summed E-state index contributed by atoms with van der Waals surface area (Å²) in [7, 11) is 1.53. The molecule has 0 spiro atoms. The molecule has 20 heavy (non-hydrogen) atoms. The van der Waals surface area contributed by atoms with E-state index >= 15 is 0 Å². The number of halogens is 1. The Hall–Kier alpha value is -2.63. The van der Waals surface area contributed by atoms with Crippen molar-refractivity contribution in [2.45, 2.75) is 6.54 Å². The van der Waals surface area contributed by atoms with Crippen molar-refractivity contribution in [2.75, 3.05) is 12.4 Å². The lowest BCUT2D eigenvalue weighted by Crippen LogP contribution is -2.07. The van der Waals surface area contributed by atoms with E-state index in [0.29, 0.717) is 18.1 Å². The minimum atomic E-state index is -1.18. The lowest BCUT2D eigenvalue weighted by atomic mass is 10.1. The highest BCUT2D eigenvalue weighted by Gasteiger charge is 2.11. The van der Waals surface area contributed by atoms with Gasteiger partial charge in [0.2, 0.25) is 5.88 Å². The van der Waals surface area contributed by atoms with Gasteiger partial charge in [0.1, 0.15) is 5.82 Å². The molecular formula is C14H13FN2O3. The summed E-state index contributed by atoms with van der Waals surface area (Å²) in [4.78, 5) is 15.1. The molecule has 0 aliphatic rings. The van der Waals surface area contributed by atoms with Crippen LogP contribution in [0.1, 0.15) is 15.9 Å². The number of hydrogen-bond acceptors (Lipinski definition) is 4. The highest BCUT2D eigenvalue weighted by molar-refractivity contribution is 5.94. The maximum Gasteiger partial charge on any atom is 0.337 e. The minimum absolute atomic E-state index is 0.105. The first-order valence-corrected chi connectivity index (χ1v) is 5.86. The van der Waals surface area contributed by atoms with Crippen LogP contribution >= 0.6 is 0 Å². The third-order valence-electron chi connectivity index (χ3n) is 2.70. The van der Waals surface area contributed by atoms with E-state index in [9.17, 15) is 9.18 Å². The number of carboxylic acids is 1. The number of carboxylic acid groups (broad SMARTS) is 1. The first kappa shape index (κ1) is 13.8. The van der Waals surface area contributed by atoms with E-state index in [0.717, 1.165) is 11.6 Å². The van der Waals surface area contributed by atoms with Gasteiger partial charge in [-0.05, 0) is 23.8 Å². The Morgan fingerprint density at radius 3 is 2.80 bits per heavy atom. The molecule has 0 fully saturated rings. The molecule has 2 N–H and O–H groups in total. The van der Waals surface area contributed by atoms with Crippen molar-refractivity contribution < 1.29 is 19.0 Å². The zero-order chi connectivity index (χ0) is 14.5. The number of aromatic nitrogens is 1. The van der Waals surface area contributed by atoms with Crippen LogP contribution in [0, 0.1) is 5.82 Å². The second-order valence-corrected chi connectivity index (χ2v) is 4.06. The number of anilines is 1. The number of rotatable bonds is 5. The molecule has 6 heteroatoms. The number of aromatic carboxylic acids is 1. The number of methoxy groups -OCH3 is 1. The number of carbonyl (C=O) groups is 1. The second kappa shape index (κ2) is 6.01. The van der Waals surface area contributed by atoms with Crippen molar-refractivity contribution in [1.82, 2.24) is 4.98 Å². The predicted molar refractivity (Wildman–Crippen MR) is 71.5 cm³/mol. The van der Waals surface area contributed by atoms with Crippen molar-refractivity contribution in [3.63, 3.8) is 0 Å². The maximum absolute atomic E-state index is 13.0. The van der Waals surface area contributed by atoms with Crippen LogP contribution < -0.4 is 10.1 Å². The molecule has 0 aliphatic carbocycles. The second-order valence-electron chi connectivity index (χ2n) is 4.06. The van der Waals surface area contributed by atoms with Gasteiger partial charge in [-0.3, -0.25) is 0 Å². The number of hydrogen-bond donors (Lipinski definition) is 2. The van der Waals surface area contributed by atoms with Crippen molar-refractivity contribution in [2.24, 2.45) is 0 Å². The molecule has 0 saturated heterocycles. The fraction of sp³-hybridized carbons (Fsp3) is 0.143. The molecule has 0 radical (unpaired) electrons. The quantitative estimate of drug-likeness (QED) is 0.878. The van der Waals surface area contributed by atoms with Gasteiger partial charge in [0, 0.05) is 24.5 Å².